The molecule has 1 aromatic rings. The molecule has 0 saturated heterocycles. The molecule has 0 aliphatic carbocycles. The van der Waals surface area contributed by atoms with Gasteiger partial charge in [-0.3, -0.25) is 4.98 Å². The van der Waals surface area contributed by atoms with Crippen molar-refractivity contribution in [3.8, 4) is 0 Å². The lowest BCUT2D eigenvalue weighted by Gasteiger charge is -1.97. The summed E-state index contributed by atoms with van der Waals surface area (Å²) in [6.07, 6.45) is 11.0. The highest BCUT2D eigenvalue weighted by Gasteiger charge is 1.96. The summed E-state index contributed by atoms with van der Waals surface area (Å²) in [6.45, 7) is 0. The van der Waals surface area contributed by atoms with Gasteiger partial charge in [0.15, 0.2) is 0 Å². The lowest BCUT2D eigenvalue weighted by molar-refractivity contribution is 1.31. The van der Waals surface area contributed by atoms with Crippen LogP contribution >= 0.6 is 0 Å². The summed E-state index contributed by atoms with van der Waals surface area (Å²) in [5.74, 6) is 2.76. The Balaban J connectivity index is 2.39. The minimum absolute atomic E-state index is 1.05. The summed E-state index contributed by atoms with van der Waals surface area (Å²) in [6, 6.07) is 3.91. The molecule has 0 aromatic carbocycles. The van der Waals surface area contributed by atoms with Gasteiger partial charge in [-0.15, -0.1) is 0 Å². The summed E-state index contributed by atoms with van der Waals surface area (Å²) in [5, 5.41) is 0. The van der Waals surface area contributed by atoms with Crippen LogP contribution in [0, 0.1) is 0 Å². The minimum atomic E-state index is 1.05. The van der Waals surface area contributed by atoms with Crippen LogP contribution < -0.4 is 0 Å². The third-order valence-electron chi connectivity index (χ3n) is 1.72. The van der Waals surface area contributed by atoms with E-state index < -0.39 is 0 Å². The molecule has 2 heterocycles. The van der Waals surface area contributed by atoms with Crippen molar-refractivity contribution in [1.29, 1.82) is 0 Å². The standard InChI is InChI=1S/C11H8N2/c1-2-6-12-8-10(4-1)11-5-3-7-13-9-11/h1-5,7-9H. The Morgan fingerprint density at radius 2 is 2.31 bits per heavy atom. The Morgan fingerprint density at radius 3 is 3.15 bits per heavy atom. The monoisotopic (exact) mass is 168 g/mol. The molecule has 62 valence electrons. The van der Waals surface area contributed by atoms with Gasteiger partial charge < -0.3 is 0 Å². The number of aromatic nitrogens is 1. The van der Waals surface area contributed by atoms with E-state index >= 15 is 0 Å². The van der Waals surface area contributed by atoms with Crippen molar-refractivity contribution in [2.45, 2.75) is 0 Å². The Hall–Kier alpha value is -1.92. The van der Waals surface area contributed by atoms with Crippen LogP contribution in [0.3, 0.4) is 0 Å². The second-order valence-electron chi connectivity index (χ2n) is 2.61. The van der Waals surface area contributed by atoms with Crippen LogP contribution in [0.15, 0.2) is 53.9 Å². The van der Waals surface area contributed by atoms with E-state index in [1.807, 2.05) is 30.5 Å². The zero-order valence-corrected chi connectivity index (χ0v) is 7.01. The van der Waals surface area contributed by atoms with Crippen LogP contribution in [-0.2, 0) is 0 Å². The molecule has 0 spiro atoms. The quantitative estimate of drug-likeness (QED) is 0.631. The average molecular weight is 168 g/mol. The Labute approximate surface area is 76.7 Å². The maximum atomic E-state index is 4.04. The number of nitrogens with zero attached hydrogens (tertiary/aromatic N) is 2. The first kappa shape index (κ1) is 7.71. The van der Waals surface area contributed by atoms with Gasteiger partial charge in [0.1, 0.15) is 0 Å². The second-order valence-corrected chi connectivity index (χ2v) is 2.61. The first-order valence-corrected chi connectivity index (χ1v) is 4.02. The lowest BCUT2D eigenvalue weighted by Crippen LogP contribution is -1.80. The van der Waals surface area contributed by atoms with Gasteiger partial charge in [0, 0.05) is 29.7 Å². The minimum Gasteiger partial charge on any atom is -0.264 e. The number of rotatable bonds is 1. The molecule has 0 atom stereocenters. The van der Waals surface area contributed by atoms with Gasteiger partial charge in [-0.1, -0.05) is 18.2 Å². The van der Waals surface area contributed by atoms with Crippen molar-refractivity contribution >= 4 is 11.4 Å². The van der Waals surface area contributed by atoms with Gasteiger partial charge in [-0.2, -0.15) is 0 Å². The summed E-state index contributed by atoms with van der Waals surface area (Å²) in [4.78, 5) is 8.01. The summed E-state index contributed by atoms with van der Waals surface area (Å²) in [5.41, 5.74) is 2.12. The molecule has 0 fully saturated rings. The fourth-order valence-corrected chi connectivity index (χ4v) is 1.09. The van der Waals surface area contributed by atoms with E-state index in [2.05, 4.69) is 15.8 Å². The van der Waals surface area contributed by atoms with Gasteiger partial charge in [-0.25, -0.2) is 4.99 Å². The molecule has 2 rings (SSSR count). The molecule has 0 N–H and O–H groups in total. The van der Waals surface area contributed by atoms with Crippen LogP contribution in [0.2, 0.25) is 0 Å². The molecule has 2 heteroatoms. The van der Waals surface area contributed by atoms with Crippen molar-refractivity contribution in [3.05, 3.63) is 54.5 Å². The molecule has 0 unspecified atom stereocenters. The third-order valence-corrected chi connectivity index (χ3v) is 1.72. The molecule has 0 bridgehead atoms. The topological polar surface area (TPSA) is 25.2 Å². The van der Waals surface area contributed by atoms with Crippen molar-refractivity contribution in [2.24, 2.45) is 4.99 Å². The van der Waals surface area contributed by atoms with E-state index in [0.717, 1.165) is 11.1 Å². The molecule has 0 radical (unpaired) electrons. The highest BCUT2D eigenvalue weighted by atomic mass is 14.7. The summed E-state index contributed by atoms with van der Waals surface area (Å²) < 4.78 is 0. The molecular formula is C11H8N2. The van der Waals surface area contributed by atoms with E-state index in [4.69, 9.17) is 0 Å². The lowest BCUT2D eigenvalue weighted by atomic mass is 10.1. The van der Waals surface area contributed by atoms with Gasteiger partial charge in [0.2, 0.25) is 0 Å². The zero-order chi connectivity index (χ0) is 8.93. The van der Waals surface area contributed by atoms with E-state index in [9.17, 15) is 0 Å². The van der Waals surface area contributed by atoms with Gasteiger partial charge in [0.25, 0.3) is 0 Å². The molecule has 1 aromatic heterocycles. The number of aliphatic imine (C=N–C) groups is 1. The van der Waals surface area contributed by atoms with Gasteiger partial charge in [-0.05, 0) is 18.0 Å². The van der Waals surface area contributed by atoms with E-state index in [0.29, 0.717) is 0 Å². The predicted molar refractivity (Wildman–Crippen MR) is 53.4 cm³/mol. The Bertz CT molecular complexity index is 407. The van der Waals surface area contributed by atoms with Gasteiger partial charge in [0.05, 0.1) is 0 Å². The fraction of sp³-hybridized carbons (Fsp3) is 0. The Morgan fingerprint density at radius 1 is 1.31 bits per heavy atom. The highest BCUT2D eigenvalue weighted by molar-refractivity contribution is 5.76. The van der Waals surface area contributed by atoms with E-state index in [1.54, 1.807) is 18.5 Å². The summed E-state index contributed by atoms with van der Waals surface area (Å²) in [7, 11) is 0. The molecule has 0 amide bonds. The van der Waals surface area contributed by atoms with Crippen molar-refractivity contribution in [2.75, 3.05) is 0 Å². The fourth-order valence-electron chi connectivity index (χ4n) is 1.09. The maximum absolute atomic E-state index is 4.04. The van der Waals surface area contributed by atoms with Gasteiger partial charge >= 0.3 is 0 Å². The van der Waals surface area contributed by atoms with Crippen LogP contribution in [0.25, 0.3) is 5.57 Å². The highest BCUT2D eigenvalue weighted by Crippen LogP contribution is 2.14. The number of pyridine rings is 1. The number of hydrogen-bond donors (Lipinski definition) is 0. The number of allylic oxidation sites excluding steroid dienone is 4. The maximum Gasteiger partial charge on any atom is 0.0447 e. The van der Waals surface area contributed by atoms with Crippen molar-refractivity contribution < 1.29 is 0 Å². The SMILES string of the molecule is C1=CC=CC(c2cccnc2)=CN=1. The molecular weight excluding hydrogens is 160 g/mol. The van der Waals surface area contributed by atoms with Crippen LogP contribution in [0.4, 0.5) is 0 Å². The zero-order valence-electron chi connectivity index (χ0n) is 7.01. The normalized spacial score (nSPS) is 14.0. The van der Waals surface area contributed by atoms with Crippen LogP contribution in [0.1, 0.15) is 5.56 Å². The second kappa shape index (κ2) is 3.65. The third kappa shape index (κ3) is 1.81. The first-order chi connectivity index (χ1) is 6.47. The van der Waals surface area contributed by atoms with Crippen LogP contribution in [0.5, 0.6) is 0 Å². The van der Waals surface area contributed by atoms with Crippen molar-refractivity contribution in [3.63, 3.8) is 0 Å². The number of hydrogen-bond acceptors (Lipinski definition) is 2. The van der Waals surface area contributed by atoms with E-state index in [1.165, 1.54) is 0 Å². The molecule has 2 nitrogen and oxygen atoms in total. The Kier molecular flexibility index (Phi) is 2.17. The molecule has 0 saturated carbocycles. The first-order valence-electron chi connectivity index (χ1n) is 4.02. The smallest absolute Gasteiger partial charge is 0.0447 e. The summed E-state index contributed by atoms with van der Waals surface area (Å²) >= 11 is 0. The van der Waals surface area contributed by atoms with E-state index in [-0.39, 0.29) is 0 Å². The van der Waals surface area contributed by atoms with Crippen molar-refractivity contribution in [1.82, 2.24) is 4.98 Å². The largest absolute Gasteiger partial charge is 0.264 e. The predicted octanol–water partition coefficient (Wildman–Crippen LogP) is 2.22. The van der Waals surface area contributed by atoms with Crippen LogP contribution in [-0.4, -0.2) is 10.9 Å². The molecule has 13 heavy (non-hydrogen) atoms. The molecule has 1 aliphatic rings. The molecule has 1 aliphatic heterocycles. The average Bonchev–Trinajstić information content (AvgIpc) is 2.47.